The quantitative estimate of drug-likeness (QED) is 0.744. The molecule has 2 heterocycles. The lowest BCUT2D eigenvalue weighted by atomic mass is 10.0. The molecule has 1 aromatic heterocycles. The Balaban J connectivity index is 2.05. The number of carboxylic acids is 1. The molecule has 2 N–H and O–H groups in total. The molecule has 1 aliphatic rings. The van der Waals surface area contributed by atoms with E-state index in [1.807, 2.05) is 0 Å². The number of aliphatic carboxylic acids is 1. The highest BCUT2D eigenvalue weighted by molar-refractivity contribution is 5.94. The standard InChI is InChI=1S/C11H11FN2O4/c12-9-3-6(1-2-13-9)10(15)14-8-5-18-4-7(8)11(16)17/h1-3,7-8H,4-5H2,(H,14,15)(H,16,17). The molecule has 2 rings (SSSR count). The fraction of sp³-hybridized carbons (Fsp3) is 0.364. The molecule has 18 heavy (non-hydrogen) atoms. The van der Waals surface area contributed by atoms with Gasteiger partial charge in [0.15, 0.2) is 0 Å². The minimum Gasteiger partial charge on any atom is -0.481 e. The van der Waals surface area contributed by atoms with Crippen LogP contribution in [0.4, 0.5) is 4.39 Å². The number of carboxylic acid groups (broad SMARTS) is 1. The lowest BCUT2D eigenvalue weighted by Crippen LogP contribution is -2.42. The summed E-state index contributed by atoms with van der Waals surface area (Å²) < 4.78 is 17.8. The van der Waals surface area contributed by atoms with E-state index >= 15 is 0 Å². The number of carbonyl (C=O) groups excluding carboxylic acids is 1. The Morgan fingerprint density at radius 2 is 2.28 bits per heavy atom. The molecule has 1 fully saturated rings. The number of hydrogen-bond donors (Lipinski definition) is 2. The molecule has 7 heteroatoms. The lowest BCUT2D eigenvalue weighted by Gasteiger charge is -2.15. The first-order chi connectivity index (χ1) is 8.58. The Kier molecular flexibility index (Phi) is 3.52. The number of nitrogens with one attached hydrogen (secondary N) is 1. The predicted octanol–water partition coefficient (Wildman–Crippen LogP) is 0.0501. The normalized spacial score (nSPS) is 22.7. The van der Waals surface area contributed by atoms with Gasteiger partial charge >= 0.3 is 5.97 Å². The first-order valence-electron chi connectivity index (χ1n) is 5.31. The largest absolute Gasteiger partial charge is 0.481 e. The van der Waals surface area contributed by atoms with E-state index < -0.39 is 29.8 Å². The van der Waals surface area contributed by atoms with Crippen molar-refractivity contribution in [3.8, 4) is 0 Å². The van der Waals surface area contributed by atoms with Crippen molar-refractivity contribution in [3.63, 3.8) is 0 Å². The molecular weight excluding hydrogens is 243 g/mol. The Labute approximate surface area is 102 Å². The van der Waals surface area contributed by atoms with Gasteiger partial charge in [-0.25, -0.2) is 4.98 Å². The van der Waals surface area contributed by atoms with E-state index in [0.29, 0.717) is 0 Å². The molecule has 1 aromatic rings. The number of carbonyl (C=O) groups is 2. The minimum absolute atomic E-state index is 0.0605. The minimum atomic E-state index is -1.03. The van der Waals surface area contributed by atoms with Crippen LogP contribution in [0.3, 0.4) is 0 Å². The lowest BCUT2D eigenvalue weighted by molar-refractivity contribution is -0.142. The van der Waals surface area contributed by atoms with Gasteiger partial charge in [-0.05, 0) is 6.07 Å². The van der Waals surface area contributed by atoms with Gasteiger partial charge in [-0.3, -0.25) is 9.59 Å². The van der Waals surface area contributed by atoms with Crippen LogP contribution in [0.15, 0.2) is 18.3 Å². The van der Waals surface area contributed by atoms with Gasteiger partial charge < -0.3 is 15.2 Å². The highest BCUT2D eigenvalue weighted by atomic mass is 19.1. The van der Waals surface area contributed by atoms with E-state index in [4.69, 9.17) is 9.84 Å². The summed E-state index contributed by atoms with van der Waals surface area (Å²) in [5.74, 6) is -3.11. The van der Waals surface area contributed by atoms with Crippen LogP contribution in [-0.2, 0) is 9.53 Å². The molecule has 0 aliphatic carbocycles. The fourth-order valence-corrected chi connectivity index (χ4v) is 1.74. The third-order valence-electron chi connectivity index (χ3n) is 2.70. The molecule has 1 aliphatic heterocycles. The molecule has 0 saturated carbocycles. The monoisotopic (exact) mass is 254 g/mol. The summed E-state index contributed by atoms with van der Waals surface area (Å²) in [5, 5.41) is 11.4. The van der Waals surface area contributed by atoms with Crippen molar-refractivity contribution in [2.75, 3.05) is 13.2 Å². The number of ether oxygens (including phenoxy) is 1. The second-order valence-corrected chi connectivity index (χ2v) is 3.93. The number of rotatable bonds is 3. The van der Waals surface area contributed by atoms with Crippen LogP contribution in [0, 0.1) is 11.9 Å². The van der Waals surface area contributed by atoms with E-state index in [1.54, 1.807) is 0 Å². The molecule has 1 saturated heterocycles. The number of amides is 1. The highest BCUT2D eigenvalue weighted by Gasteiger charge is 2.35. The summed E-state index contributed by atoms with van der Waals surface area (Å²) in [6.45, 7) is 0.196. The third kappa shape index (κ3) is 2.62. The average molecular weight is 254 g/mol. The maximum absolute atomic E-state index is 12.8. The molecule has 0 aromatic carbocycles. The van der Waals surface area contributed by atoms with Crippen LogP contribution < -0.4 is 5.32 Å². The summed E-state index contributed by atoms with van der Waals surface area (Å²) in [4.78, 5) is 26.0. The maximum Gasteiger partial charge on any atom is 0.311 e. The van der Waals surface area contributed by atoms with E-state index in [1.165, 1.54) is 12.3 Å². The highest BCUT2D eigenvalue weighted by Crippen LogP contribution is 2.14. The SMILES string of the molecule is O=C(NC1COCC1C(=O)O)c1ccnc(F)c1. The topological polar surface area (TPSA) is 88.5 Å². The Morgan fingerprint density at radius 3 is 2.94 bits per heavy atom. The number of nitrogens with zero attached hydrogens (tertiary/aromatic N) is 1. The van der Waals surface area contributed by atoms with Gasteiger partial charge in [0.1, 0.15) is 5.92 Å². The fourth-order valence-electron chi connectivity index (χ4n) is 1.74. The van der Waals surface area contributed by atoms with Gasteiger partial charge in [-0.15, -0.1) is 0 Å². The predicted molar refractivity (Wildman–Crippen MR) is 57.4 cm³/mol. The van der Waals surface area contributed by atoms with Crippen molar-refractivity contribution in [1.82, 2.24) is 10.3 Å². The Morgan fingerprint density at radius 1 is 1.50 bits per heavy atom. The van der Waals surface area contributed by atoms with Crippen molar-refractivity contribution in [2.24, 2.45) is 5.92 Å². The van der Waals surface area contributed by atoms with Crippen LogP contribution in [-0.4, -0.2) is 41.2 Å². The first kappa shape index (κ1) is 12.4. The summed E-state index contributed by atoms with van der Waals surface area (Å²) in [7, 11) is 0. The Bertz CT molecular complexity index is 480. The smallest absolute Gasteiger partial charge is 0.311 e. The molecule has 6 nitrogen and oxygen atoms in total. The second kappa shape index (κ2) is 5.09. The number of halogens is 1. The number of aromatic nitrogens is 1. The Hall–Kier alpha value is -2.02. The molecule has 96 valence electrons. The zero-order valence-corrected chi connectivity index (χ0v) is 9.30. The van der Waals surface area contributed by atoms with Gasteiger partial charge in [0, 0.05) is 17.8 Å². The maximum atomic E-state index is 12.8. The molecule has 0 radical (unpaired) electrons. The average Bonchev–Trinajstić information content (AvgIpc) is 2.77. The summed E-state index contributed by atoms with van der Waals surface area (Å²) in [6, 6.07) is 1.73. The molecular formula is C11H11FN2O4. The van der Waals surface area contributed by atoms with Crippen molar-refractivity contribution < 1.29 is 23.8 Å². The molecule has 1 amide bonds. The van der Waals surface area contributed by atoms with Gasteiger partial charge in [-0.2, -0.15) is 4.39 Å². The van der Waals surface area contributed by atoms with Gasteiger partial charge in [0.25, 0.3) is 5.91 Å². The van der Waals surface area contributed by atoms with Gasteiger partial charge in [0.2, 0.25) is 5.95 Å². The van der Waals surface area contributed by atoms with Gasteiger partial charge in [0.05, 0.1) is 19.3 Å². The first-order valence-corrected chi connectivity index (χ1v) is 5.31. The van der Waals surface area contributed by atoms with Gasteiger partial charge in [-0.1, -0.05) is 0 Å². The van der Waals surface area contributed by atoms with Crippen molar-refractivity contribution in [2.45, 2.75) is 6.04 Å². The molecule has 2 atom stereocenters. The number of pyridine rings is 1. The zero-order valence-electron chi connectivity index (χ0n) is 9.30. The van der Waals surface area contributed by atoms with Crippen LogP contribution >= 0.6 is 0 Å². The van der Waals surface area contributed by atoms with Crippen LogP contribution in [0.25, 0.3) is 0 Å². The molecule has 2 unspecified atom stereocenters. The van der Waals surface area contributed by atoms with Crippen LogP contribution in [0.1, 0.15) is 10.4 Å². The zero-order chi connectivity index (χ0) is 13.1. The summed E-state index contributed by atoms with van der Waals surface area (Å²) in [6.07, 6.45) is 1.17. The summed E-state index contributed by atoms with van der Waals surface area (Å²) in [5.41, 5.74) is 0.0959. The van der Waals surface area contributed by atoms with E-state index in [9.17, 15) is 14.0 Å². The van der Waals surface area contributed by atoms with Crippen LogP contribution in [0.5, 0.6) is 0 Å². The van der Waals surface area contributed by atoms with Crippen molar-refractivity contribution >= 4 is 11.9 Å². The van der Waals surface area contributed by atoms with E-state index in [0.717, 1.165) is 6.07 Å². The third-order valence-corrected chi connectivity index (χ3v) is 2.70. The molecule has 0 spiro atoms. The molecule has 0 bridgehead atoms. The van der Waals surface area contributed by atoms with Crippen LogP contribution in [0.2, 0.25) is 0 Å². The van der Waals surface area contributed by atoms with E-state index in [2.05, 4.69) is 10.3 Å². The number of hydrogen-bond acceptors (Lipinski definition) is 4. The van der Waals surface area contributed by atoms with Crippen molar-refractivity contribution in [3.05, 3.63) is 29.8 Å². The van der Waals surface area contributed by atoms with Crippen molar-refractivity contribution in [1.29, 1.82) is 0 Å². The second-order valence-electron chi connectivity index (χ2n) is 3.93. The van der Waals surface area contributed by atoms with E-state index in [-0.39, 0.29) is 18.8 Å². The summed E-state index contributed by atoms with van der Waals surface area (Å²) >= 11 is 0.